The summed E-state index contributed by atoms with van der Waals surface area (Å²) in [6, 6.07) is 6.42. The van der Waals surface area contributed by atoms with E-state index in [0.717, 1.165) is 0 Å². The lowest BCUT2D eigenvalue weighted by Gasteiger charge is -2.19. The van der Waals surface area contributed by atoms with Crippen molar-refractivity contribution in [2.24, 2.45) is 0 Å². The molecule has 2 rings (SSSR count). The van der Waals surface area contributed by atoms with E-state index in [-0.39, 0.29) is 0 Å². The van der Waals surface area contributed by atoms with E-state index in [2.05, 4.69) is 13.1 Å². The third-order valence-corrected chi connectivity index (χ3v) is 7.43. The zero-order chi connectivity index (χ0) is 22.0. The van der Waals surface area contributed by atoms with Gasteiger partial charge in [-0.1, -0.05) is 18.2 Å². The molecule has 6 N–H and O–H groups in total. The van der Waals surface area contributed by atoms with Crippen LogP contribution in [0.25, 0.3) is 0 Å². The number of benzene rings is 1. The smallest absolute Gasteiger partial charge is 0.490 e. The van der Waals surface area contributed by atoms with Gasteiger partial charge in [0.1, 0.15) is 30.2 Å². The van der Waals surface area contributed by atoms with Crippen molar-refractivity contribution in [1.29, 1.82) is 0 Å². The zero-order valence-corrected chi connectivity index (χ0v) is 17.3. The quantitative estimate of drug-likeness (QED) is 0.260. The first-order valence-electron chi connectivity index (χ1n) is 7.67. The van der Waals surface area contributed by atoms with Crippen LogP contribution in [0.3, 0.4) is 0 Å². The molecule has 1 aromatic rings. The second-order valence-corrected chi connectivity index (χ2v) is 10.1. The van der Waals surface area contributed by atoms with Crippen LogP contribution in [0, 0.1) is 0 Å². The maximum atomic E-state index is 11.7. The van der Waals surface area contributed by atoms with E-state index in [0.29, 0.717) is 11.3 Å². The van der Waals surface area contributed by atoms with Gasteiger partial charge in [-0.3, -0.25) is 4.52 Å². The standard InChI is InChI=1S/C12H19O14P3/c1-22-8-5-3-2-4-7(8)12-11(14)10(13)9(24-12)6-23-28(18,19)26-29(20,21)25-27(15,16)17/h2-5,9-14H,6H2,1H3,(H,18,19)(H,20,21)(H2,15,16,17)/t9-,10+,11?,12+/m1/s1. The van der Waals surface area contributed by atoms with Gasteiger partial charge in [0.15, 0.2) is 0 Å². The monoisotopic (exact) mass is 480 g/mol. The normalized spacial score (nSPS) is 29.2. The molecular formula is C12H19O14P3. The van der Waals surface area contributed by atoms with E-state index < -0.39 is 54.5 Å². The van der Waals surface area contributed by atoms with E-state index >= 15 is 0 Å². The molecule has 0 spiro atoms. The Balaban J connectivity index is 2.04. The number of para-hydroxylation sites is 1. The first-order chi connectivity index (χ1) is 13.2. The summed E-state index contributed by atoms with van der Waals surface area (Å²) in [6.07, 6.45) is -5.52. The second-order valence-electron chi connectivity index (χ2n) is 5.71. The van der Waals surface area contributed by atoms with Crippen molar-refractivity contribution >= 4 is 23.5 Å². The molecule has 17 heteroatoms. The zero-order valence-electron chi connectivity index (χ0n) is 14.6. The largest absolute Gasteiger partial charge is 0.496 e. The summed E-state index contributed by atoms with van der Waals surface area (Å²) in [5, 5.41) is 20.3. The van der Waals surface area contributed by atoms with Gasteiger partial charge in [-0.15, -0.1) is 0 Å². The number of rotatable bonds is 9. The molecule has 1 saturated heterocycles. The van der Waals surface area contributed by atoms with Crippen LogP contribution < -0.4 is 4.74 Å². The van der Waals surface area contributed by atoms with Crippen molar-refractivity contribution in [2.45, 2.75) is 24.4 Å². The molecule has 1 fully saturated rings. The van der Waals surface area contributed by atoms with Crippen LogP contribution in [-0.4, -0.2) is 61.8 Å². The Kier molecular flexibility index (Phi) is 7.80. The molecule has 0 aliphatic carbocycles. The summed E-state index contributed by atoms with van der Waals surface area (Å²) < 4.78 is 55.8. The highest BCUT2D eigenvalue weighted by atomic mass is 31.3. The molecule has 14 nitrogen and oxygen atoms in total. The third kappa shape index (κ3) is 6.91. The van der Waals surface area contributed by atoms with Gasteiger partial charge in [0.25, 0.3) is 0 Å². The molecule has 29 heavy (non-hydrogen) atoms. The van der Waals surface area contributed by atoms with Crippen LogP contribution in [0.5, 0.6) is 5.75 Å². The highest BCUT2D eigenvalue weighted by Crippen LogP contribution is 2.66. The predicted octanol–water partition coefficient (Wildman–Crippen LogP) is 0.200. The Labute approximate surface area is 164 Å². The third-order valence-electron chi connectivity index (χ3n) is 3.63. The summed E-state index contributed by atoms with van der Waals surface area (Å²) >= 11 is 0. The van der Waals surface area contributed by atoms with Crippen LogP contribution >= 0.6 is 23.5 Å². The van der Waals surface area contributed by atoms with E-state index in [1.807, 2.05) is 0 Å². The minimum absolute atomic E-state index is 0.345. The van der Waals surface area contributed by atoms with Gasteiger partial charge in [-0.2, -0.15) is 8.62 Å². The molecule has 6 atom stereocenters. The summed E-state index contributed by atoms with van der Waals surface area (Å²) in [6.45, 7) is -0.895. The van der Waals surface area contributed by atoms with Crippen LogP contribution in [0.15, 0.2) is 24.3 Å². The van der Waals surface area contributed by atoms with Gasteiger partial charge in [0.05, 0.1) is 13.7 Å². The highest BCUT2D eigenvalue weighted by Gasteiger charge is 2.46. The van der Waals surface area contributed by atoms with Crippen LogP contribution in [0.1, 0.15) is 11.7 Å². The number of hydrogen-bond donors (Lipinski definition) is 6. The SMILES string of the molecule is COc1ccccc1[C@@H]1O[C@H](COP(=O)(O)OP(=O)(O)OP(=O)(O)O)[C@H](O)C1O. The Morgan fingerprint density at radius 2 is 1.59 bits per heavy atom. The average molecular weight is 480 g/mol. The predicted molar refractivity (Wildman–Crippen MR) is 92.4 cm³/mol. The lowest BCUT2D eigenvalue weighted by atomic mass is 10.0. The molecule has 0 bridgehead atoms. The molecule has 1 aliphatic heterocycles. The number of phosphoric acid groups is 3. The van der Waals surface area contributed by atoms with Crippen molar-refractivity contribution in [2.75, 3.05) is 13.7 Å². The van der Waals surface area contributed by atoms with Gasteiger partial charge in [-0.05, 0) is 6.07 Å². The molecule has 3 unspecified atom stereocenters. The number of hydrogen-bond acceptors (Lipinski definition) is 10. The van der Waals surface area contributed by atoms with Gasteiger partial charge < -0.3 is 39.3 Å². The van der Waals surface area contributed by atoms with E-state index in [9.17, 15) is 28.8 Å². The fourth-order valence-electron chi connectivity index (χ4n) is 2.52. The Bertz CT molecular complexity index is 854. The van der Waals surface area contributed by atoms with E-state index in [4.69, 9.17) is 24.2 Å². The van der Waals surface area contributed by atoms with E-state index in [1.165, 1.54) is 7.11 Å². The van der Waals surface area contributed by atoms with Gasteiger partial charge in [0, 0.05) is 5.56 Å². The van der Waals surface area contributed by atoms with Crippen molar-refractivity contribution in [3.63, 3.8) is 0 Å². The van der Waals surface area contributed by atoms with Gasteiger partial charge in [0.2, 0.25) is 0 Å². The molecule has 0 radical (unpaired) electrons. The molecule has 0 saturated carbocycles. The molecule has 0 aromatic heterocycles. The number of phosphoric ester groups is 1. The Hall–Kier alpha value is -0.690. The Morgan fingerprint density at radius 3 is 2.17 bits per heavy atom. The lowest BCUT2D eigenvalue weighted by Crippen LogP contribution is -2.33. The number of methoxy groups -OCH3 is 1. The molecule has 1 heterocycles. The second kappa shape index (κ2) is 9.21. The fraction of sp³-hybridized carbons (Fsp3) is 0.500. The topological polar surface area (TPSA) is 219 Å². The van der Waals surface area contributed by atoms with E-state index in [1.54, 1.807) is 24.3 Å². The average Bonchev–Trinajstić information content (AvgIpc) is 2.85. The molecule has 166 valence electrons. The van der Waals surface area contributed by atoms with Crippen molar-refractivity contribution < 1.29 is 66.1 Å². The fourth-order valence-corrected chi connectivity index (χ4v) is 5.55. The summed E-state index contributed by atoms with van der Waals surface area (Å²) in [5.41, 5.74) is 0.377. The summed E-state index contributed by atoms with van der Waals surface area (Å²) in [7, 11) is -15.2. The number of aliphatic hydroxyl groups excluding tert-OH is 2. The molecule has 0 amide bonds. The maximum Gasteiger partial charge on any atom is 0.490 e. The summed E-state index contributed by atoms with van der Waals surface area (Å²) in [4.78, 5) is 35.5. The van der Waals surface area contributed by atoms with Gasteiger partial charge >= 0.3 is 23.5 Å². The van der Waals surface area contributed by atoms with Crippen LogP contribution in [0.2, 0.25) is 0 Å². The highest BCUT2D eigenvalue weighted by molar-refractivity contribution is 7.66. The van der Waals surface area contributed by atoms with Crippen molar-refractivity contribution in [1.82, 2.24) is 0 Å². The first kappa shape index (κ1) is 24.6. The maximum absolute atomic E-state index is 11.7. The Morgan fingerprint density at radius 1 is 0.966 bits per heavy atom. The minimum atomic E-state index is -5.67. The minimum Gasteiger partial charge on any atom is -0.496 e. The molecule has 1 aliphatic rings. The van der Waals surface area contributed by atoms with Crippen LogP contribution in [-0.2, 0) is 31.6 Å². The van der Waals surface area contributed by atoms with Crippen LogP contribution in [0.4, 0.5) is 0 Å². The van der Waals surface area contributed by atoms with Crippen molar-refractivity contribution in [3.05, 3.63) is 29.8 Å². The first-order valence-corrected chi connectivity index (χ1v) is 12.2. The lowest BCUT2D eigenvalue weighted by molar-refractivity contribution is -0.0228. The number of aliphatic hydroxyl groups is 2. The van der Waals surface area contributed by atoms with Crippen molar-refractivity contribution in [3.8, 4) is 5.75 Å². The number of ether oxygens (including phenoxy) is 2. The summed E-state index contributed by atoms with van der Waals surface area (Å²) in [5.74, 6) is 0.345. The molecule has 1 aromatic carbocycles. The molecular weight excluding hydrogens is 461 g/mol. The van der Waals surface area contributed by atoms with Gasteiger partial charge in [-0.25, -0.2) is 13.7 Å².